The highest BCUT2D eigenvalue weighted by molar-refractivity contribution is 6.08. The zero-order valence-electron chi connectivity index (χ0n) is 12.1. The number of hydrogen-bond acceptors (Lipinski definition) is 1. The van der Waals surface area contributed by atoms with Gasteiger partial charge in [-0.25, -0.2) is 0 Å². The number of aryl methyl sites for hydroxylation is 1. The fourth-order valence-corrected chi connectivity index (χ4v) is 3.00. The lowest BCUT2D eigenvalue weighted by Gasteiger charge is -2.08. The van der Waals surface area contributed by atoms with Gasteiger partial charge in [-0.3, -0.25) is 4.98 Å². The molecule has 0 unspecified atom stereocenters. The van der Waals surface area contributed by atoms with E-state index < -0.39 is 0 Å². The molecule has 3 rings (SSSR count). The molecule has 0 N–H and O–H groups in total. The summed E-state index contributed by atoms with van der Waals surface area (Å²) in [6, 6.07) is 10.7. The predicted molar refractivity (Wildman–Crippen MR) is 85.8 cm³/mol. The van der Waals surface area contributed by atoms with Gasteiger partial charge in [0.1, 0.15) is 0 Å². The maximum atomic E-state index is 4.38. The maximum Gasteiger partial charge on any atom is 0.0710 e. The number of nitrogens with zero attached hydrogens (tertiary/aromatic N) is 2. The van der Waals surface area contributed by atoms with E-state index in [1.807, 2.05) is 6.20 Å². The molecule has 2 heteroatoms. The number of para-hydroxylation sites is 1. The third-order valence-electron chi connectivity index (χ3n) is 3.99. The van der Waals surface area contributed by atoms with Crippen molar-refractivity contribution in [3.05, 3.63) is 49.1 Å². The average Bonchev–Trinajstić information content (AvgIpc) is 2.80. The summed E-state index contributed by atoms with van der Waals surface area (Å²) in [6.45, 7) is 7.42. The first-order valence-electron chi connectivity index (χ1n) is 7.51. The Balaban J connectivity index is 2.11. The Labute approximate surface area is 120 Å². The molecule has 0 bridgehead atoms. The molecule has 2 heterocycles. The number of rotatable bonds is 5. The van der Waals surface area contributed by atoms with Crippen LogP contribution in [0.4, 0.5) is 0 Å². The second-order valence-electron chi connectivity index (χ2n) is 5.38. The van der Waals surface area contributed by atoms with Gasteiger partial charge < -0.3 is 4.57 Å². The van der Waals surface area contributed by atoms with Crippen molar-refractivity contribution in [3.63, 3.8) is 0 Å². The Kier molecular flexibility index (Phi) is 3.72. The Hall–Kier alpha value is -1.83. The van der Waals surface area contributed by atoms with Gasteiger partial charge in [0.2, 0.25) is 0 Å². The molecule has 3 aromatic rings. The Morgan fingerprint density at radius 3 is 2.75 bits per heavy atom. The molecule has 0 saturated heterocycles. The molecule has 2 aromatic heterocycles. The van der Waals surface area contributed by atoms with Gasteiger partial charge in [-0.05, 0) is 25.5 Å². The van der Waals surface area contributed by atoms with Crippen molar-refractivity contribution in [2.24, 2.45) is 0 Å². The van der Waals surface area contributed by atoms with E-state index in [0.717, 1.165) is 12.2 Å². The molecule has 0 aliphatic rings. The summed E-state index contributed by atoms with van der Waals surface area (Å²) >= 11 is 0. The minimum Gasteiger partial charge on any atom is -0.339 e. The molecule has 1 radical (unpaired) electrons. The Morgan fingerprint density at radius 2 is 1.90 bits per heavy atom. The summed E-state index contributed by atoms with van der Waals surface area (Å²) in [6.07, 6.45) is 6.95. The van der Waals surface area contributed by atoms with Crippen LogP contribution in [0.3, 0.4) is 0 Å². The van der Waals surface area contributed by atoms with E-state index in [9.17, 15) is 0 Å². The van der Waals surface area contributed by atoms with Gasteiger partial charge in [0.25, 0.3) is 0 Å². The lowest BCUT2D eigenvalue weighted by molar-refractivity contribution is 0.602. The van der Waals surface area contributed by atoms with E-state index in [1.54, 1.807) is 0 Å². The minimum absolute atomic E-state index is 0.884. The summed E-state index contributed by atoms with van der Waals surface area (Å²) in [5.41, 5.74) is 3.39. The summed E-state index contributed by atoms with van der Waals surface area (Å²) in [7, 11) is 0. The summed E-state index contributed by atoms with van der Waals surface area (Å²) in [4.78, 5) is 4.38. The molecule has 2 nitrogen and oxygen atoms in total. The van der Waals surface area contributed by atoms with Crippen LogP contribution in [0.25, 0.3) is 21.8 Å². The van der Waals surface area contributed by atoms with Crippen LogP contribution in [0.5, 0.6) is 0 Å². The van der Waals surface area contributed by atoms with Gasteiger partial charge in [-0.2, -0.15) is 0 Å². The normalized spacial score (nSPS) is 11.5. The second kappa shape index (κ2) is 5.66. The third kappa shape index (κ3) is 2.20. The van der Waals surface area contributed by atoms with Crippen molar-refractivity contribution in [3.8, 4) is 0 Å². The van der Waals surface area contributed by atoms with Gasteiger partial charge in [-0.15, -0.1) is 0 Å². The largest absolute Gasteiger partial charge is 0.339 e. The topological polar surface area (TPSA) is 17.8 Å². The lowest BCUT2D eigenvalue weighted by Crippen LogP contribution is -1.99. The van der Waals surface area contributed by atoms with Crippen molar-refractivity contribution < 1.29 is 0 Å². The van der Waals surface area contributed by atoms with Gasteiger partial charge in [-0.1, -0.05) is 44.4 Å². The fourth-order valence-electron chi connectivity index (χ4n) is 3.00. The lowest BCUT2D eigenvalue weighted by atomic mass is 10.2. The van der Waals surface area contributed by atoms with E-state index in [1.165, 1.54) is 47.5 Å². The minimum atomic E-state index is 0.884. The Bertz CT molecular complexity index is 725. The monoisotopic (exact) mass is 265 g/mol. The first kappa shape index (κ1) is 13.2. The highest BCUT2D eigenvalue weighted by Gasteiger charge is 2.11. The van der Waals surface area contributed by atoms with E-state index in [4.69, 9.17) is 0 Å². The summed E-state index contributed by atoms with van der Waals surface area (Å²) in [5.74, 6) is 0. The first-order valence-corrected chi connectivity index (χ1v) is 7.51. The summed E-state index contributed by atoms with van der Waals surface area (Å²) in [5, 5.41) is 2.58. The number of fused-ring (bicyclic) bond motifs is 3. The molecule has 0 amide bonds. The zero-order chi connectivity index (χ0) is 13.9. The van der Waals surface area contributed by atoms with Crippen LogP contribution >= 0.6 is 0 Å². The van der Waals surface area contributed by atoms with Crippen molar-refractivity contribution in [2.45, 2.75) is 39.2 Å². The van der Waals surface area contributed by atoms with Gasteiger partial charge in [0.05, 0.1) is 11.2 Å². The Morgan fingerprint density at radius 1 is 1.05 bits per heavy atom. The molecule has 1 aromatic carbocycles. The van der Waals surface area contributed by atoms with E-state index >= 15 is 0 Å². The van der Waals surface area contributed by atoms with E-state index in [2.05, 4.69) is 53.7 Å². The van der Waals surface area contributed by atoms with Crippen molar-refractivity contribution >= 4 is 21.8 Å². The molecule has 0 aliphatic heterocycles. The number of hydrogen-bond donors (Lipinski definition) is 0. The zero-order valence-corrected chi connectivity index (χ0v) is 12.1. The van der Waals surface area contributed by atoms with Crippen LogP contribution in [0.15, 0.2) is 36.5 Å². The number of aromatic nitrogens is 2. The van der Waals surface area contributed by atoms with Crippen LogP contribution in [0, 0.1) is 6.92 Å². The van der Waals surface area contributed by atoms with Crippen LogP contribution < -0.4 is 0 Å². The molecule has 103 valence electrons. The molecule has 0 aliphatic carbocycles. The molecule has 0 atom stereocenters. The predicted octanol–water partition coefficient (Wildman–Crippen LogP) is 4.95. The van der Waals surface area contributed by atoms with Gasteiger partial charge in [0.15, 0.2) is 0 Å². The van der Waals surface area contributed by atoms with Crippen LogP contribution in [-0.4, -0.2) is 9.55 Å². The average molecular weight is 265 g/mol. The molecular weight excluding hydrogens is 244 g/mol. The number of pyridine rings is 1. The van der Waals surface area contributed by atoms with Crippen LogP contribution in [0.2, 0.25) is 0 Å². The smallest absolute Gasteiger partial charge is 0.0710 e. The van der Waals surface area contributed by atoms with Crippen LogP contribution in [-0.2, 0) is 6.54 Å². The standard InChI is InChI=1S/C18H21N2/c1-3-4-5-8-13-20-17-10-7-6-9-15(17)16-11-12-19-14(2)18(16)20/h6-7,9-12H,2-5,8,13H2,1H3. The first-order chi connectivity index (χ1) is 9.83. The maximum absolute atomic E-state index is 4.38. The number of unbranched alkanes of at least 4 members (excludes halogenated alkanes) is 3. The highest BCUT2D eigenvalue weighted by atomic mass is 15.0. The molecule has 20 heavy (non-hydrogen) atoms. The van der Waals surface area contributed by atoms with E-state index in [0.29, 0.717) is 0 Å². The summed E-state index contributed by atoms with van der Waals surface area (Å²) < 4.78 is 2.40. The van der Waals surface area contributed by atoms with Crippen molar-refractivity contribution in [2.75, 3.05) is 0 Å². The molecule has 0 saturated carbocycles. The van der Waals surface area contributed by atoms with Crippen LogP contribution in [0.1, 0.15) is 38.3 Å². The second-order valence-corrected chi connectivity index (χ2v) is 5.38. The quantitative estimate of drug-likeness (QED) is 0.597. The van der Waals surface area contributed by atoms with Gasteiger partial charge >= 0.3 is 0 Å². The van der Waals surface area contributed by atoms with Gasteiger partial charge in [0, 0.05) is 29.0 Å². The number of benzene rings is 1. The highest BCUT2D eigenvalue weighted by Crippen LogP contribution is 2.30. The molecule has 0 spiro atoms. The molecular formula is C18H21N2. The third-order valence-corrected chi connectivity index (χ3v) is 3.99. The SMILES string of the molecule is [CH2]c1nccc2c3ccccc3n(CCCCCC)c12. The van der Waals surface area contributed by atoms with E-state index in [-0.39, 0.29) is 0 Å². The molecule has 0 fully saturated rings. The van der Waals surface area contributed by atoms with Crippen molar-refractivity contribution in [1.29, 1.82) is 0 Å². The fraction of sp³-hybridized carbons (Fsp3) is 0.333. The van der Waals surface area contributed by atoms with Crippen molar-refractivity contribution in [1.82, 2.24) is 9.55 Å².